The topological polar surface area (TPSA) is 92.6 Å². The molecule has 7 heteroatoms. The third-order valence-corrected chi connectivity index (χ3v) is 3.46. The van der Waals surface area contributed by atoms with Gasteiger partial charge in [0, 0.05) is 31.4 Å². The summed E-state index contributed by atoms with van der Waals surface area (Å²) >= 11 is 0. The third kappa shape index (κ3) is 2.62. The van der Waals surface area contributed by atoms with E-state index >= 15 is 0 Å². The summed E-state index contributed by atoms with van der Waals surface area (Å²) in [6, 6.07) is 5.01. The molecule has 3 heterocycles. The molecule has 1 aliphatic rings. The molecule has 1 aliphatic heterocycles. The number of nitrogens with zero attached hydrogens (tertiary/aromatic N) is 2. The highest BCUT2D eigenvalue weighted by atomic mass is 16.2. The van der Waals surface area contributed by atoms with Crippen LogP contribution in [-0.2, 0) is 4.79 Å². The van der Waals surface area contributed by atoms with Crippen LogP contribution in [0.15, 0.2) is 35.4 Å². The standard InChI is InChI=1S/C14H14N4O3/c19-12-5-4-9(7-16-12)17-13(20)10-8-15-11-3-1-2-6-18(11)14(10)21/h1-3,6,8-9H,4-5,7H2,(H,16,19)(H,17,20). The van der Waals surface area contributed by atoms with Crippen LogP contribution in [0.25, 0.3) is 5.65 Å². The maximum Gasteiger partial charge on any atom is 0.270 e. The van der Waals surface area contributed by atoms with E-state index in [1.807, 2.05) is 0 Å². The van der Waals surface area contributed by atoms with E-state index in [4.69, 9.17) is 0 Å². The zero-order valence-corrected chi connectivity index (χ0v) is 11.2. The summed E-state index contributed by atoms with van der Waals surface area (Å²) in [4.78, 5) is 39.6. The van der Waals surface area contributed by atoms with E-state index in [9.17, 15) is 14.4 Å². The van der Waals surface area contributed by atoms with Crippen LogP contribution in [0.2, 0.25) is 0 Å². The number of hydrogen-bond acceptors (Lipinski definition) is 4. The van der Waals surface area contributed by atoms with Gasteiger partial charge >= 0.3 is 0 Å². The number of amides is 2. The average Bonchev–Trinajstić information content (AvgIpc) is 2.50. The van der Waals surface area contributed by atoms with Crippen molar-refractivity contribution >= 4 is 17.5 Å². The molecule has 0 bridgehead atoms. The van der Waals surface area contributed by atoms with Crippen LogP contribution in [0, 0.1) is 0 Å². The molecule has 0 aliphatic carbocycles. The molecule has 21 heavy (non-hydrogen) atoms. The van der Waals surface area contributed by atoms with Gasteiger partial charge in [0.05, 0.1) is 0 Å². The first kappa shape index (κ1) is 13.3. The molecule has 1 atom stereocenters. The molecule has 2 amide bonds. The van der Waals surface area contributed by atoms with E-state index in [0.717, 1.165) is 0 Å². The second kappa shape index (κ2) is 5.35. The van der Waals surface area contributed by atoms with Gasteiger partial charge in [-0.15, -0.1) is 0 Å². The fourth-order valence-corrected chi connectivity index (χ4v) is 2.30. The van der Waals surface area contributed by atoms with Crippen molar-refractivity contribution in [2.24, 2.45) is 0 Å². The molecule has 2 aromatic heterocycles. The van der Waals surface area contributed by atoms with Gasteiger partial charge in [0.25, 0.3) is 11.5 Å². The summed E-state index contributed by atoms with van der Waals surface area (Å²) in [6.07, 6.45) is 3.80. The predicted molar refractivity (Wildman–Crippen MR) is 75.0 cm³/mol. The highest BCUT2D eigenvalue weighted by Gasteiger charge is 2.21. The highest BCUT2D eigenvalue weighted by Crippen LogP contribution is 2.04. The Morgan fingerprint density at radius 2 is 2.24 bits per heavy atom. The second-order valence-corrected chi connectivity index (χ2v) is 4.92. The molecule has 1 fully saturated rings. The number of carbonyl (C=O) groups is 2. The predicted octanol–water partition coefficient (Wildman–Crippen LogP) is -0.297. The largest absolute Gasteiger partial charge is 0.354 e. The zero-order valence-electron chi connectivity index (χ0n) is 11.2. The summed E-state index contributed by atoms with van der Waals surface area (Å²) in [6.45, 7) is 0.382. The second-order valence-electron chi connectivity index (χ2n) is 4.92. The molecular formula is C14H14N4O3. The Morgan fingerprint density at radius 3 is 3.00 bits per heavy atom. The summed E-state index contributed by atoms with van der Waals surface area (Å²) in [5.74, 6) is -0.486. The molecule has 0 spiro atoms. The fraction of sp³-hybridized carbons (Fsp3) is 0.286. The molecule has 2 N–H and O–H groups in total. The molecule has 1 saturated heterocycles. The lowest BCUT2D eigenvalue weighted by molar-refractivity contribution is -0.122. The first-order valence-electron chi connectivity index (χ1n) is 6.69. The van der Waals surface area contributed by atoms with Gasteiger partial charge in [-0.1, -0.05) is 6.07 Å². The molecule has 0 radical (unpaired) electrons. The Morgan fingerprint density at radius 1 is 1.38 bits per heavy atom. The molecule has 1 unspecified atom stereocenters. The van der Waals surface area contributed by atoms with Gasteiger partial charge < -0.3 is 10.6 Å². The first-order chi connectivity index (χ1) is 10.1. The maximum atomic E-state index is 12.3. The van der Waals surface area contributed by atoms with Crippen molar-refractivity contribution in [2.45, 2.75) is 18.9 Å². The van der Waals surface area contributed by atoms with E-state index in [-0.39, 0.29) is 17.5 Å². The Balaban J connectivity index is 1.83. The van der Waals surface area contributed by atoms with Gasteiger partial charge in [0.1, 0.15) is 11.2 Å². The van der Waals surface area contributed by atoms with Crippen LogP contribution in [0.1, 0.15) is 23.2 Å². The normalized spacial score (nSPS) is 18.3. The number of pyridine rings is 1. The van der Waals surface area contributed by atoms with Crippen molar-refractivity contribution in [1.29, 1.82) is 0 Å². The van der Waals surface area contributed by atoms with Crippen LogP contribution in [0.5, 0.6) is 0 Å². The van der Waals surface area contributed by atoms with Crippen LogP contribution >= 0.6 is 0 Å². The van der Waals surface area contributed by atoms with Gasteiger partial charge in [-0.25, -0.2) is 4.98 Å². The lowest BCUT2D eigenvalue weighted by Crippen LogP contribution is -2.48. The van der Waals surface area contributed by atoms with Gasteiger partial charge in [-0.05, 0) is 18.6 Å². The van der Waals surface area contributed by atoms with E-state index in [1.54, 1.807) is 24.4 Å². The quantitative estimate of drug-likeness (QED) is 0.793. The summed E-state index contributed by atoms with van der Waals surface area (Å²) in [7, 11) is 0. The molecule has 7 nitrogen and oxygen atoms in total. The SMILES string of the molecule is O=C1CCC(NC(=O)c2cnc3ccccn3c2=O)CN1. The van der Waals surface area contributed by atoms with Crippen molar-refractivity contribution in [3.05, 3.63) is 46.5 Å². The summed E-state index contributed by atoms with van der Waals surface area (Å²) < 4.78 is 1.33. The number of hydrogen-bond donors (Lipinski definition) is 2. The lowest BCUT2D eigenvalue weighted by atomic mass is 10.1. The Kier molecular flexibility index (Phi) is 3.39. The summed E-state index contributed by atoms with van der Waals surface area (Å²) in [5.41, 5.74) is 0.0810. The van der Waals surface area contributed by atoms with Gasteiger partial charge in [0.2, 0.25) is 5.91 Å². The third-order valence-electron chi connectivity index (χ3n) is 3.46. The Labute approximate surface area is 120 Å². The number of piperidine rings is 1. The van der Waals surface area contributed by atoms with E-state index < -0.39 is 11.5 Å². The summed E-state index contributed by atoms with van der Waals surface area (Å²) in [5, 5.41) is 5.43. The minimum atomic E-state index is -0.466. The van der Waals surface area contributed by atoms with Crippen molar-refractivity contribution < 1.29 is 9.59 Å². The fourth-order valence-electron chi connectivity index (χ4n) is 2.30. The highest BCUT2D eigenvalue weighted by molar-refractivity contribution is 5.94. The molecule has 0 saturated carbocycles. The zero-order chi connectivity index (χ0) is 14.8. The molecule has 2 aromatic rings. The van der Waals surface area contributed by atoms with E-state index in [0.29, 0.717) is 25.0 Å². The van der Waals surface area contributed by atoms with Gasteiger partial charge in [0.15, 0.2) is 0 Å². The van der Waals surface area contributed by atoms with Crippen molar-refractivity contribution in [2.75, 3.05) is 6.54 Å². The number of aromatic nitrogens is 2. The Hall–Kier alpha value is -2.70. The smallest absolute Gasteiger partial charge is 0.270 e. The molecule has 3 rings (SSSR count). The average molecular weight is 286 g/mol. The van der Waals surface area contributed by atoms with Crippen molar-refractivity contribution in [1.82, 2.24) is 20.0 Å². The molecular weight excluding hydrogens is 272 g/mol. The van der Waals surface area contributed by atoms with E-state index in [2.05, 4.69) is 15.6 Å². The maximum absolute atomic E-state index is 12.3. The Bertz CT molecular complexity index is 758. The van der Waals surface area contributed by atoms with Gasteiger partial charge in [-0.3, -0.25) is 18.8 Å². The number of carbonyl (C=O) groups excluding carboxylic acids is 2. The monoisotopic (exact) mass is 286 g/mol. The molecule has 0 aromatic carbocycles. The van der Waals surface area contributed by atoms with Crippen molar-refractivity contribution in [3.63, 3.8) is 0 Å². The van der Waals surface area contributed by atoms with Gasteiger partial charge in [-0.2, -0.15) is 0 Å². The van der Waals surface area contributed by atoms with E-state index in [1.165, 1.54) is 10.6 Å². The lowest BCUT2D eigenvalue weighted by Gasteiger charge is -2.23. The number of nitrogens with one attached hydrogen (secondary N) is 2. The number of fused-ring (bicyclic) bond motifs is 1. The van der Waals surface area contributed by atoms with Crippen LogP contribution < -0.4 is 16.2 Å². The first-order valence-corrected chi connectivity index (χ1v) is 6.69. The van der Waals surface area contributed by atoms with Crippen LogP contribution in [0.4, 0.5) is 0 Å². The number of rotatable bonds is 2. The van der Waals surface area contributed by atoms with Crippen molar-refractivity contribution in [3.8, 4) is 0 Å². The minimum absolute atomic E-state index is 0.00407. The van der Waals surface area contributed by atoms with Crippen LogP contribution in [0.3, 0.4) is 0 Å². The minimum Gasteiger partial charge on any atom is -0.354 e. The van der Waals surface area contributed by atoms with Crippen LogP contribution in [-0.4, -0.2) is 33.8 Å². The molecule has 108 valence electrons.